The average Bonchev–Trinajstić information content (AvgIpc) is 2.25. The number of hydrogen-bond acceptors (Lipinski definition) is 2. The number of para-hydroxylation sites is 1. The second kappa shape index (κ2) is 4.51. The summed E-state index contributed by atoms with van der Waals surface area (Å²) < 4.78 is 13.9. The molecule has 0 atom stereocenters. The fraction of sp³-hybridized carbons (Fsp3) is 0. The third-order valence-corrected chi connectivity index (χ3v) is 2.36. The van der Waals surface area contributed by atoms with Crippen molar-refractivity contribution in [1.29, 1.82) is 0 Å². The van der Waals surface area contributed by atoms with E-state index in [1.807, 2.05) is 24.3 Å². The van der Waals surface area contributed by atoms with Crippen LogP contribution in [0.2, 0.25) is 5.15 Å². The third-order valence-electron chi connectivity index (χ3n) is 1.96. The van der Waals surface area contributed by atoms with Gasteiger partial charge in [-0.05, 0) is 12.1 Å². The summed E-state index contributed by atoms with van der Waals surface area (Å²) in [6.07, 6.45) is 1.52. The molecule has 5 heteroatoms. The minimum absolute atomic E-state index is 0.263. The molecule has 1 aromatic carbocycles. The molecular weight excluding hydrogens is 232 g/mol. The summed E-state index contributed by atoms with van der Waals surface area (Å²) in [6.45, 7) is 0. The highest BCUT2D eigenvalue weighted by molar-refractivity contribution is 7.64. The van der Waals surface area contributed by atoms with Gasteiger partial charge < -0.3 is 0 Å². The fourth-order valence-corrected chi connectivity index (χ4v) is 1.74. The van der Waals surface area contributed by atoms with Crippen LogP contribution in [-0.4, -0.2) is 15.4 Å². The monoisotopic (exact) mass is 238 g/mol. The molecule has 0 unspecified atom stereocenters. The van der Waals surface area contributed by atoms with Gasteiger partial charge in [-0.25, -0.2) is 9.19 Å². The van der Waals surface area contributed by atoms with E-state index in [0.29, 0.717) is 5.15 Å². The third kappa shape index (κ3) is 2.22. The first-order valence-electron chi connectivity index (χ1n) is 4.22. The number of nitrogens with zero attached hydrogens (tertiary/aromatic N) is 2. The second-order valence-corrected chi connectivity index (χ2v) is 3.66. The summed E-state index contributed by atoms with van der Waals surface area (Å²) >= 11 is 5.59. The lowest BCUT2D eigenvalue weighted by molar-refractivity contribution is 0.695. The first-order chi connectivity index (χ1) is 7.31. The Bertz CT molecular complexity index is 542. The molecule has 2 aromatic rings. The lowest BCUT2D eigenvalue weighted by Crippen LogP contribution is -1.88. The predicted octanol–water partition coefficient (Wildman–Crippen LogP) is 2.17. The molecule has 0 radical (unpaired) electrons. The largest absolute Gasteiger partial charge is 0.238 e. The molecule has 3 nitrogen and oxygen atoms in total. The summed E-state index contributed by atoms with van der Waals surface area (Å²) in [7, 11) is 0. The average molecular weight is 239 g/mol. The van der Waals surface area contributed by atoms with Gasteiger partial charge in [-0.15, -0.1) is 0 Å². The molecule has 1 heterocycles. The molecular formula is C10H7ClN2OS. The number of fused-ring (bicyclic) bond motifs is 1. The molecule has 0 aliphatic carbocycles. The van der Waals surface area contributed by atoms with Crippen molar-refractivity contribution in [3.05, 3.63) is 41.0 Å². The van der Waals surface area contributed by atoms with Crippen molar-refractivity contribution in [2.45, 2.75) is 0 Å². The van der Waals surface area contributed by atoms with Crippen LogP contribution in [0.1, 0.15) is 5.56 Å². The fourth-order valence-electron chi connectivity index (χ4n) is 1.36. The number of pyridine rings is 1. The lowest BCUT2D eigenvalue weighted by atomic mass is 10.1. The van der Waals surface area contributed by atoms with E-state index in [9.17, 15) is 4.21 Å². The molecule has 0 saturated heterocycles. The highest BCUT2D eigenvalue weighted by atomic mass is 35.5. The summed E-state index contributed by atoms with van der Waals surface area (Å²) in [6, 6.07) is 9.27. The number of benzene rings is 1. The Labute approximate surface area is 95.4 Å². The van der Waals surface area contributed by atoms with Crippen LogP contribution in [0.15, 0.2) is 34.7 Å². The van der Waals surface area contributed by atoms with E-state index in [2.05, 4.69) is 9.38 Å². The van der Waals surface area contributed by atoms with Gasteiger partial charge in [0.15, 0.2) is 0 Å². The summed E-state index contributed by atoms with van der Waals surface area (Å²) in [5, 5.41) is 1.34. The Kier molecular flexibility index (Phi) is 3.08. The van der Waals surface area contributed by atoms with Gasteiger partial charge in [-0.2, -0.15) is 4.40 Å². The van der Waals surface area contributed by atoms with Crippen LogP contribution in [-0.2, 0) is 11.9 Å². The van der Waals surface area contributed by atoms with E-state index < -0.39 is 0 Å². The zero-order valence-electron chi connectivity index (χ0n) is 7.59. The van der Waals surface area contributed by atoms with Crippen molar-refractivity contribution in [2.75, 3.05) is 0 Å². The Morgan fingerprint density at radius 3 is 3.00 bits per heavy atom. The summed E-state index contributed by atoms with van der Waals surface area (Å²) in [5.41, 5.74) is 1.61. The number of rotatable bonds is 2. The Hall–Kier alpha value is -1.26. The molecule has 0 fully saturated rings. The van der Waals surface area contributed by atoms with E-state index in [1.165, 1.54) is 6.21 Å². The SMILES string of the molecule is O=[SH]/N=C/c1cc(Cl)nc2ccccc12. The smallest absolute Gasteiger partial charge is 0.130 e. The van der Waals surface area contributed by atoms with Crippen LogP contribution in [0, 0.1) is 0 Å². The van der Waals surface area contributed by atoms with E-state index in [1.54, 1.807) is 6.07 Å². The molecule has 15 heavy (non-hydrogen) atoms. The van der Waals surface area contributed by atoms with Crippen LogP contribution in [0.25, 0.3) is 10.9 Å². The Balaban J connectivity index is 2.70. The van der Waals surface area contributed by atoms with Crippen molar-refractivity contribution in [3.63, 3.8) is 0 Å². The molecule has 76 valence electrons. The molecule has 0 saturated carbocycles. The number of aromatic nitrogens is 1. The maximum Gasteiger partial charge on any atom is 0.130 e. The van der Waals surface area contributed by atoms with Gasteiger partial charge in [0.2, 0.25) is 0 Å². The normalized spacial score (nSPS) is 11.3. The maximum absolute atomic E-state index is 10.2. The van der Waals surface area contributed by atoms with E-state index in [4.69, 9.17) is 11.6 Å². The molecule has 0 spiro atoms. The predicted molar refractivity (Wildman–Crippen MR) is 63.9 cm³/mol. The quantitative estimate of drug-likeness (QED) is 0.495. The van der Waals surface area contributed by atoms with Crippen LogP contribution < -0.4 is 0 Å². The van der Waals surface area contributed by atoms with Gasteiger partial charge in [-0.3, -0.25) is 0 Å². The minimum atomic E-state index is -0.263. The number of hydrogen-bond donors (Lipinski definition) is 1. The molecule has 2 rings (SSSR count). The van der Waals surface area contributed by atoms with E-state index in [-0.39, 0.29) is 11.9 Å². The van der Waals surface area contributed by atoms with Crippen LogP contribution >= 0.6 is 11.6 Å². The van der Waals surface area contributed by atoms with Crippen LogP contribution in [0.5, 0.6) is 0 Å². The first kappa shape index (κ1) is 10.3. The number of halogens is 1. The Morgan fingerprint density at radius 1 is 1.40 bits per heavy atom. The zero-order valence-corrected chi connectivity index (χ0v) is 9.24. The van der Waals surface area contributed by atoms with Crippen molar-refractivity contribution in [3.8, 4) is 0 Å². The highest BCUT2D eigenvalue weighted by Crippen LogP contribution is 2.19. The van der Waals surface area contributed by atoms with Crippen LogP contribution in [0.3, 0.4) is 0 Å². The highest BCUT2D eigenvalue weighted by Gasteiger charge is 2.01. The topological polar surface area (TPSA) is 42.3 Å². The van der Waals surface area contributed by atoms with Crippen molar-refractivity contribution in [1.82, 2.24) is 4.98 Å². The first-order valence-corrected chi connectivity index (χ1v) is 5.36. The maximum atomic E-state index is 10.2. The molecule has 0 aliphatic heterocycles. The van der Waals surface area contributed by atoms with Gasteiger partial charge in [0.25, 0.3) is 0 Å². The van der Waals surface area contributed by atoms with Gasteiger partial charge in [0.05, 0.1) is 5.52 Å². The second-order valence-electron chi connectivity index (χ2n) is 2.88. The molecule has 1 aromatic heterocycles. The van der Waals surface area contributed by atoms with E-state index in [0.717, 1.165) is 16.5 Å². The van der Waals surface area contributed by atoms with E-state index >= 15 is 0 Å². The van der Waals surface area contributed by atoms with Crippen LogP contribution in [0.4, 0.5) is 0 Å². The van der Waals surface area contributed by atoms with Crippen molar-refractivity contribution in [2.24, 2.45) is 4.40 Å². The molecule has 0 amide bonds. The van der Waals surface area contributed by atoms with Crippen molar-refractivity contribution < 1.29 is 4.21 Å². The Morgan fingerprint density at radius 2 is 2.20 bits per heavy atom. The van der Waals surface area contributed by atoms with Gasteiger partial charge in [0.1, 0.15) is 17.0 Å². The van der Waals surface area contributed by atoms with Crippen molar-refractivity contribution >= 4 is 40.6 Å². The standard InChI is InChI=1S/C10H7ClN2OS/c11-10-5-7(6-12-15-14)8-3-1-2-4-9(8)13-10/h1-6,15H/b12-6+. The summed E-state index contributed by atoms with van der Waals surface area (Å²) in [5.74, 6) is 0. The number of thiol groups is 1. The van der Waals surface area contributed by atoms with Gasteiger partial charge >= 0.3 is 0 Å². The molecule has 0 aliphatic rings. The molecule has 0 bridgehead atoms. The van der Waals surface area contributed by atoms with Gasteiger partial charge in [0, 0.05) is 17.2 Å². The zero-order chi connectivity index (χ0) is 10.7. The van der Waals surface area contributed by atoms with Gasteiger partial charge in [-0.1, -0.05) is 29.8 Å². The summed E-state index contributed by atoms with van der Waals surface area (Å²) in [4.78, 5) is 4.17. The lowest BCUT2D eigenvalue weighted by Gasteiger charge is -2.01. The minimum Gasteiger partial charge on any atom is -0.238 e. The molecule has 0 N–H and O–H groups in total.